The van der Waals surface area contributed by atoms with Gasteiger partial charge in [0, 0.05) is 18.3 Å². The fourth-order valence-corrected chi connectivity index (χ4v) is 3.18. The van der Waals surface area contributed by atoms with Crippen molar-refractivity contribution in [2.75, 3.05) is 6.61 Å². The number of nitrogens with zero attached hydrogens (tertiary/aromatic N) is 4. The maximum absolute atomic E-state index is 9.91. The van der Waals surface area contributed by atoms with Crippen LogP contribution in [0.2, 0.25) is 0 Å². The van der Waals surface area contributed by atoms with Gasteiger partial charge in [-0.3, -0.25) is 0 Å². The second kappa shape index (κ2) is 6.70. The second-order valence-corrected chi connectivity index (χ2v) is 6.95. The number of hydrogen-bond donors (Lipinski definition) is 2. The molecule has 8 heteroatoms. The molecule has 7 nitrogen and oxygen atoms in total. The van der Waals surface area contributed by atoms with Crippen LogP contribution in [0.4, 0.5) is 0 Å². The van der Waals surface area contributed by atoms with Crippen molar-refractivity contribution in [3.63, 3.8) is 0 Å². The zero-order valence-corrected chi connectivity index (χ0v) is 14.9. The van der Waals surface area contributed by atoms with Gasteiger partial charge in [-0.2, -0.15) is 0 Å². The predicted molar refractivity (Wildman–Crippen MR) is 94.3 cm³/mol. The molecule has 1 saturated carbocycles. The van der Waals surface area contributed by atoms with Crippen LogP contribution >= 0.6 is 15.9 Å². The molecule has 0 aliphatic heterocycles. The van der Waals surface area contributed by atoms with E-state index in [9.17, 15) is 10.2 Å². The van der Waals surface area contributed by atoms with Crippen molar-refractivity contribution in [3.8, 4) is 11.6 Å². The minimum atomic E-state index is -1.05. The lowest BCUT2D eigenvalue weighted by molar-refractivity contribution is 0.0933. The largest absolute Gasteiger partial charge is 0.437 e. The van der Waals surface area contributed by atoms with E-state index >= 15 is 0 Å². The Bertz CT molecular complexity index is 910. The lowest BCUT2D eigenvalue weighted by Crippen LogP contribution is -2.05. The van der Waals surface area contributed by atoms with Crippen LogP contribution in [-0.2, 0) is 6.54 Å². The molecule has 130 valence electrons. The van der Waals surface area contributed by atoms with E-state index in [-0.39, 0.29) is 5.88 Å². The first-order chi connectivity index (χ1) is 12.2. The van der Waals surface area contributed by atoms with Crippen molar-refractivity contribution in [3.05, 3.63) is 40.5 Å². The highest BCUT2D eigenvalue weighted by Gasteiger charge is 2.24. The van der Waals surface area contributed by atoms with Crippen LogP contribution in [0, 0.1) is 5.92 Å². The van der Waals surface area contributed by atoms with Gasteiger partial charge in [0.05, 0.1) is 16.6 Å². The molecule has 1 aromatic carbocycles. The SMILES string of the molecule is OCC(O)c1cccnc1Oc1ccc2c(nnn2CC2CC2)c1Br. The van der Waals surface area contributed by atoms with Crippen LogP contribution in [0.25, 0.3) is 11.0 Å². The maximum atomic E-state index is 9.91. The van der Waals surface area contributed by atoms with E-state index in [0.717, 1.165) is 17.6 Å². The number of halogens is 1. The van der Waals surface area contributed by atoms with Crippen LogP contribution in [0.5, 0.6) is 11.6 Å². The zero-order chi connectivity index (χ0) is 17.4. The van der Waals surface area contributed by atoms with Crippen molar-refractivity contribution >= 4 is 27.0 Å². The summed E-state index contributed by atoms with van der Waals surface area (Å²) in [5, 5.41) is 27.6. The summed E-state index contributed by atoms with van der Waals surface area (Å²) in [4.78, 5) is 4.16. The number of hydrogen-bond acceptors (Lipinski definition) is 6. The van der Waals surface area contributed by atoms with Crippen LogP contribution in [0.15, 0.2) is 34.9 Å². The zero-order valence-electron chi connectivity index (χ0n) is 13.3. The first kappa shape index (κ1) is 16.4. The topological polar surface area (TPSA) is 93.3 Å². The van der Waals surface area contributed by atoms with Gasteiger partial charge in [-0.05, 0) is 59.0 Å². The third kappa shape index (κ3) is 3.24. The Morgan fingerprint density at radius 2 is 2.16 bits per heavy atom. The van der Waals surface area contributed by atoms with Crippen molar-refractivity contribution in [2.45, 2.75) is 25.5 Å². The van der Waals surface area contributed by atoms with Gasteiger partial charge < -0.3 is 14.9 Å². The first-order valence-electron chi connectivity index (χ1n) is 8.10. The molecule has 1 unspecified atom stereocenters. The van der Waals surface area contributed by atoms with E-state index in [1.807, 2.05) is 16.8 Å². The average molecular weight is 405 g/mol. The Balaban J connectivity index is 1.67. The molecule has 1 aliphatic carbocycles. The van der Waals surface area contributed by atoms with E-state index in [0.29, 0.717) is 21.7 Å². The summed E-state index contributed by atoms with van der Waals surface area (Å²) in [7, 11) is 0. The van der Waals surface area contributed by atoms with Gasteiger partial charge in [-0.15, -0.1) is 5.10 Å². The van der Waals surface area contributed by atoms with Crippen molar-refractivity contribution < 1.29 is 14.9 Å². The molecule has 0 bridgehead atoms. The lowest BCUT2D eigenvalue weighted by atomic mass is 10.1. The number of aliphatic hydroxyl groups is 2. The third-order valence-corrected chi connectivity index (χ3v) is 5.02. The molecule has 0 saturated heterocycles. The third-order valence-electron chi connectivity index (χ3n) is 4.26. The monoisotopic (exact) mass is 404 g/mol. The lowest BCUT2D eigenvalue weighted by Gasteiger charge is -2.14. The Labute approximate surface area is 152 Å². The highest BCUT2D eigenvalue weighted by atomic mass is 79.9. The highest BCUT2D eigenvalue weighted by Crippen LogP contribution is 2.37. The quantitative estimate of drug-likeness (QED) is 0.655. The summed E-state index contributed by atoms with van der Waals surface area (Å²) in [6.07, 6.45) is 3.02. The maximum Gasteiger partial charge on any atom is 0.225 e. The molecule has 25 heavy (non-hydrogen) atoms. The number of benzene rings is 1. The first-order valence-corrected chi connectivity index (χ1v) is 8.90. The normalized spacial score (nSPS) is 15.5. The van der Waals surface area contributed by atoms with Crippen LogP contribution < -0.4 is 4.74 Å². The molecule has 1 atom stereocenters. The van der Waals surface area contributed by atoms with E-state index < -0.39 is 12.7 Å². The van der Waals surface area contributed by atoms with E-state index in [4.69, 9.17) is 4.74 Å². The second-order valence-electron chi connectivity index (χ2n) is 6.16. The molecule has 0 spiro atoms. The molecule has 1 aliphatic rings. The Morgan fingerprint density at radius 1 is 1.32 bits per heavy atom. The Hall–Kier alpha value is -2.03. The average Bonchev–Trinajstić information content (AvgIpc) is 3.36. The standard InChI is InChI=1S/C17H17BrN4O3/c18-15-14(25-17-11(13(24)9-23)2-1-7-19-17)6-5-12-16(15)20-21-22(12)8-10-3-4-10/h1-2,5-7,10,13,23-24H,3-4,8-9H2. The van der Waals surface area contributed by atoms with E-state index in [1.54, 1.807) is 18.3 Å². The van der Waals surface area contributed by atoms with Crippen LogP contribution in [0.1, 0.15) is 24.5 Å². The Kier molecular flexibility index (Phi) is 4.41. The molecular formula is C17H17BrN4O3. The summed E-state index contributed by atoms with van der Waals surface area (Å²) in [5.41, 5.74) is 2.09. The summed E-state index contributed by atoms with van der Waals surface area (Å²) >= 11 is 3.53. The molecule has 1 fully saturated rings. The summed E-state index contributed by atoms with van der Waals surface area (Å²) in [5.74, 6) is 1.47. The van der Waals surface area contributed by atoms with E-state index in [2.05, 4.69) is 31.2 Å². The fourth-order valence-electron chi connectivity index (χ4n) is 2.69. The van der Waals surface area contributed by atoms with Gasteiger partial charge in [0.25, 0.3) is 0 Å². The van der Waals surface area contributed by atoms with Gasteiger partial charge in [0.2, 0.25) is 5.88 Å². The summed E-state index contributed by atoms with van der Waals surface area (Å²) in [6, 6.07) is 7.09. The number of ether oxygens (including phenoxy) is 1. The van der Waals surface area contributed by atoms with Crippen LogP contribution in [-0.4, -0.2) is 36.8 Å². The highest BCUT2D eigenvalue weighted by molar-refractivity contribution is 9.10. The van der Waals surface area contributed by atoms with Crippen molar-refractivity contribution in [1.82, 2.24) is 20.0 Å². The van der Waals surface area contributed by atoms with Gasteiger partial charge in [-0.1, -0.05) is 5.21 Å². The molecule has 2 N–H and O–H groups in total. The predicted octanol–water partition coefficient (Wildman–Crippen LogP) is 2.82. The van der Waals surface area contributed by atoms with Gasteiger partial charge in [0.15, 0.2) is 0 Å². The van der Waals surface area contributed by atoms with Gasteiger partial charge in [-0.25, -0.2) is 9.67 Å². The van der Waals surface area contributed by atoms with Crippen LogP contribution in [0.3, 0.4) is 0 Å². The number of aliphatic hydroxyl groups excluding tert-OH is 2. The van der Waals surface area contributed by atoms with E-state index in [1.165, 1.54) is 12.8 Å². The molecule has 2 heterocycles. The molecule has 3 aromatic rings. The summed E-state index contributed by atoms with van der Waals surface area (Å²) < 4.78 is 8.47. The molecule has 2 aromatic heterocycles. The number of pyridine rings is 1. The number of rotatable bonds is 6. The molecular weight excluding hydrogens is 388 g/mol. The minimum absolute atomic E-state index is 0.245. The number of aromatic nitrogens is 4. The number of fused-ring (bicyclic) bond motifs is 1. The fraction of sp³-hybridized carbons (Fsp3) is 0.353. The van der Waals surface area contributed by atoms with Gasteiger partial charge >= 0.3 is 0 Å². The molecule has 4 rings (SSSR count). The summed E-state index contributed by atoms with van der Waals surface area (Å²) in [6.45, 7) is 0.480. The smallest absolute Gasteiger partial charge is 0.225 e. The molecule has 0 amide bonds. The van der Waals surface area contributed by atoms with Crippen molar-refractivity contribution in [1.29, 1.82) is 0 Å². The van der Waals surface area contributed by atoms with Crippen molar-refractivity contribution in [2.24, 2.45) is 5.92 Å². The minimum Gasteiger partial charge on any atom is -0.437 e. The Morgan fingerprint density at radius 3 is 2.92 bits per heavy atom. The molecule has 0 radical (unpaired) electrons. The van der Waals surface area contributed by atoms with Gasteiger partial charge in [0.1, 0.15) is 17.4 Å².